The molecular formula is C14H17ClN4OS. The maximum absolute atomic E-state index is 12.2. The molecule has 1 aromatic heterocycles. The second-order valence-electron chi connectivity index (χ2n) is 4.81. The SMILES string of the molecule is CC(C)Nc1nc(N)c(C(=O)NCc2ccccc2Cl)s1. The molecule has 0 saturated carbocycles. The van der Waals surface area contributed by atoms with E-state index in [4.69, 9.17) is 17.3 Å². The van der Waals surface area contributed by atoms with Gasteiger partial charge in [-0.3, -0.25) is 4.79 Å². The number of carbonyl (C=O) groups excluding carboxylic acids is 1. The molecule has 0 bridgehead atoms. The van der Waals surface area contributed by atoms with E-state index in [2.05, 4.69) is 15.6 Å². The fourth-order valence-electron chi connectivity index (χ4n) is 1.70. The van der Waals surface area contributed by atoms with Gasteiger partial charge in [-0.15, -0.1) is 0 Å². The van der Waals surface area contributed by atoms with Gasteiger partial charge in [0.2, 0.25) is 0 Å². The van der Waals surface area contributed by atoms with E-state index in [9.17, 15) is 4.79 Å². The summed E-state index contributed by atoms with van der Waals surface area (Å²) in [6.07, 6.45) is 0. The maximum atomic E-state index is 12.2. The molecule has 0 aliphatic carbocycles. The Morgan fingerprint density at radius 3 is 2.81 bits per heavy atom. The number of aromatic nitrogens is 1. The Balaban J connectivity index is 2.04. The Labute approximate surface area is 132 Å². The quantitative estimate of drug-likeness (QED) is 0.789. The van der Waals surface area contributed by atoms with Crippen molar-refractivity contribution in [2.45, 2.75) is 26.4 Å². The van der Waals surface area contributed by atoms with Gasteiger partial charge < -0.3 is 16.4 Å². The largest absolute Gasteiger partial charge is 0.382 e. The Hall–Kier alpha value is -1.79. The first-order chi connectivity index (χ1) is 9.97. The van der Waals surface area contributed by atoms with E-state index in [1.807, 2.05) is 32.0 Å². The highest BCUT2D eigenvalue weighted by molar-refractivity contribution is 7.18. The second-order valence-corrected chi connectivity index (χ2v) is 6.21. The molecule has 0 saturated heterocycles. The lowest BCUT2D eigenvalue weighted by atomic mass is 10.2. The van der Waals surface area contributed by atoms with Gasteiger partial charge in [0, 0.05) is 17.6 Å². The number of hydrogen-bond donors (Lipinski definition) is 3. The van der Waals surface area contributed by atoms with Crippen LogP contribution in [0.2, 0.25) is 5.02 Å². The molecule has 2 aromatic rings. The van der Waals surface area contributed by atoms with Crippen LogP contribution in [0.25, 0.3) is 0 Å². The summed E-state index contributed by atoms with van der Waals surface area (Å²) >= 11 is 7.29. The third-order valence-corrected chi connectivity index (χ3v) is 4.04. The highest BCUT2D eigenvalue weighted by Gasteiger charge is 2.16. The van der Waals surface area contributed by atoms with Gasteiger partial charge in [0.25, 0.3) is 5.91 Å². The number of rotatable bonds is 5. The van der Waals surface area contributed by atoms with Gasteiger partial charge in [0.05, 0.1) is 0 Å². The third kappa shape index (κ3) is 4.09. The molecule has 7 heteroatoms. The van der Waals surface area contributed by atoms with Gasteiger partial charge in [-0.25, -0.2) is 4.98 Å². The molecule has 1 aromatic carbocycles. The lowest BCUT2D eigenvalue weighted by Gasteiger charge is -2.06. The molecule has 21 heavy (non-hydrogen) atoms. The lowest BCUT2D eigenvalue weighted by Crippen LogP contribution is -2.22. The first-order valence-electron chi connectivity index (χ1n) is 6.52. The van der Waals surface area contributed by atoms with Crippen molar-refractivity contribution in [3.8, 4) is 0 Å². The number of halogens is 1. The number of carbonyl (C=O) groups is 1. The zero-order valence-corrected chi connectivity index (χ0v) is 13.4. The summed E-state index contributed by atoms with van der Waals surface area (Å²) in [5, 5.41) is 7.20. The van der Waals surface area contributed by atoms with Crippen LogP contribution in [0.4, 0.5) is 10.9 Å². The predicted molar refractivity (Wildman–Crippen MR) is 87.9 cm³/mol. The van der Waals surface area contributed by atoms with Crippen molar-refractivity contribution in [2.24, 2.45) is 0 Å². The van der Waals surface area contributed by atoms with Crippen LogP contribution < -0.4 is 16.4 Å². The molecule has 0 radical (unpaired) electrons. The second kappa shape index (κ2) is 6.78. The number of anilines is 2. The summed E-state index contributed by atoms with van der Waals surface area (Å²) in [6, 6.07) is 7.60. The van der Waals surface area contributed by atoms with Gasteiger partial charge >= 0.3 is 0 Å². The standard InChI is InChI=1S/C14H17ClN4OS/c1-8(2)18-14-19-12(16)11(21-14)13(20)17-7-9-5-3-4-6-10(9)15/h3-6,8H,7,16H2,1-2H3,(H,17,20)(H,18,19). The molecule has 0 aliphatic rings. The molecule has 0 aliphatic heterocycles. The zero-order chi connectivity index (χ0) is 15.4. The average Bonchev–Trinajstić information content (AvgIpc) is 2.77. The van der Waals surface area contributed by atoms with Crippen molar-refractivity contribution in [3.05, 3.63) is 39.7 Å². The predicted octanol–water partition coefficient (Wildman–Crippen LogP) is 3.13. The minimum absolute atomic E-state index is 0.231. The van der Waals surface area contributed by atoms with Gasteiger partial charge in [0.1, 0.15) is 10.7 Å². The molecule has 1 heterocycles. The number of benzene rings is 1. The van der Waals surface area contributed by atoms with Crippen LogP contribution >= 0.6 is 22.9 Å². The number of amides is 1. The smallest absolute Gasteiger partial charge is 0.265 e. The fourth-order valence-corrected chi connectivity index (χ4v) is 2.85. The number of nitrogen functional groups attached to an aromatic ring is 1. The molecule has 2 rings (SSSR count). The molecule has 0 atom stereocenters. The fraction of sp³-hybridized carbons (Fsp3) is 0.286. The molecule has 1 amide bonds. The van der Waals surface area contributed by atoms with E-state index in [1.54, 1.807) is 6.07 Å². The molecule has 0 fully saturated rings. The number of nitrogens with one attached hydrogen (secondary N) is 2. The zero-order valence-electron chi connectivity index (χ0n) is 11.8. The summed E-state index contributed by atoms with van der Waals surface area (Å²) in [5.74, 6) is -0.0125. The van der Waals surface area contributed by atoms with Crippen LogP contribution in [0.15, 0.2) is 24.3 Å². The molecule has 0 unspecified atom stereocenters. The Morgan fingerprint density at radius 2 is 2.14 bits per heavy atom. The minimum atomic E-state index is -0.248. The van der Waals surface area contributed by atoms with Crippen LogP contribution in [0.3, 0.4) is 0 Å². The molecule has 4 N–H and O–H groups in total. The first kappa shape index (κ1) is 15.6. The highest BCUT2D eigenvalue weighted by Crippen LogP contribution is 2.25. The van der Waals surface area contributed by atoms with Crippen molar-refractivity contribution in [3.63, 3.8) is 0 Å². The van der Waals surface area contributed by atoms with E-state index in [1.165, 1.54) is 11.3 Å². The summed E-state index contributed by atoms with van der Waals surface area (Å²) in [7, 11) is 0. The van der Waals surface area contributed by atoms with Crippen molar-refractivity contribution < 1.29 is 4.79 Å². The van der Waals surface area contributed by atoms with E-state index >= 15 is 0 Å². The molecule has 112 valence electrons. The van der Waals surface area contributed by atoms with E-state index in [0.29, 0.717) is 21.6 Å². The van der Waals surface area contributed by atoms with Gasteiger partial charge in [-0.1, -0.05) is 41.1 Å². The van der Waals surface area contributed by atoms with Crippen molar-refractivity contribution in [2.75, 3.05) is 11.1 Å². The van der Waals surface area contributed by atoms with E-state index < -0.39 is 0 Å². The summed E-state index contributed by atoms with van der Waals surface area (Å²) in [4.78, 5) is 16.7. The Morgan fingerprint density at radius 1 is 1.43 bits per heavy atom. The monoisotopic (exact) mass is 324 g/mol. The summed E-state index contributed by atoms with van der Waals surface area (Å²) < 4.78 is 0. The summed E-state index contributed by atoms with van der Waals surface area (Å²) in [6.45, 7) is 4.34. The van der Waals surface area contributed by atoms with Crippen molar-refractivity contribution in [1.29, 1.82) is 0 Å². The Kier molecular flexibility index (Phi) is 5.03. The number of nitrogens with two attached hydrogens (primary N) is 1. The maximum Gasteiger partial charge on any atom is 0.265 e. The van der Waals surface area contributed by atoms with Crippen LogP contribution in [-0.2, 0) is 6.54 Å². The number of thiazole rings is 1. The van der Waals surface area contributed by atoms with E-state index in [-0.39, 0.29) is 17.8 Å². The lowest BCUT2D eigenvalue weighted by molar-refractivity contribution is 0.0955. The van der Waals surface area contributed by atoms with E-state index in [0.717, 1.165) is 5.56 Å². The van der Waals surface area contributed by atoms with Crippen LogP contribution in [0, 0.1) is 0 Å². The number of nitrogens with zero attached hydrogens (tertiary/aromatic N) is 1. The molecule has 0 spiro atoms. The van der Waals surface area contributed by atoms with Crippen LogP contribution in [0.1, 0.15) is 29.1 Å². The topological polar surface area (TPSA) is 80.0 Å². The summed E-state index contributed by atoms with van der Waals surface area (Å²) in [5.41, 5.74) is 6.65. The van der Waals surface area contributed by atoms with Crippen molar-refractivity contribution >= 4 is 39.8 Å². The third-order valence-electron chi connectivity index (χ3n) is 2.67. The van der Waals surface area contributed by atoms with Gasteiger partial charge in [-0.2, -0.15) is 0 Å². The van der Waals surface area contributed by atoms with Gasteiger partial charge in [0.15, 0.2) is 5.13 Å². The van der Waals surface area contributed by atoms with Gasteiger partial charge in [-0.05, 0) is 25.5 Å². The number of hydrogen-bond acceptors (Lipinski definition) is 5. The normalized spacial score (nSPS) is 10.7. The first-order valence-corrected chi connectivity index (χ1v) is 7.71. The average molecular weight is 325 g/mol. The van der Waals surface area contributed by atoms with Crippen molar-refractivity contribution in [1.82, 2.24) is 10.3 Å². The highest BCUT2D eigenvalue weighted by atomic mass is 35.5. The van der Waals surface area contributed by atoms with Crippen LogP contribution in [-0.4, -0.2) is 16.9 Å². The Bertz CT molecular complexity index is 642. The minimum Gasteiger partial charge on any atom is -0.382 e. The molecule has 5 nitrogen and oxygen atoms in total. The van der Waals surface area contributed by atoms with Crippen LogP contribution in [0.5, 0.6) is 0 Å². The molecular weight excluding hydrogens is 308 g/mol.